The van der Waals surface area contributed by atoms with E-state index in [9.17, 15) is 9.59 Å². The van der Waals surface area contributed by atoms with Crippen molar-refractivity contribution in [1.82, 2.24) is 19.7 Å². The zero-order valence-corrected chi connectivity index (χ0v) is 18.1. The average Bonchev–Trinajstić information content (AvgIpc) is 3.06. The smallest absolute Gasteiger partial charge is 0.313 e. The topological polar surface area (TPSA) is 80.6 Å². The van der Waals surface area contributed by atoms with E-state index in [1.54, 1.807) is 18.5 Å². The van der Waals surface area contributed by atoms with Crippen LogP contribution in [0.25, 0.3) is 0 Å². The van der Waals surface area contributed by atoms with Gasteiger partial charge in [-0.2, -0.15) is 0 Å². The molecule has 0 atom stereocenters. The highest BCUT2D eigenvalue weighted by molar-refractivity contribution is 7.99. The van der Waals surface area contributed by atoms with Crippen LogP contribution in [-0.4, -0.2) is 70.1 Å². The van der Waals surface area contributed by atoms with Gasteiger partial charge in [-0.05, 0) is 25.1 Å². The number of hydrogen-bond acceptors (Lipinski definition) is 7. The summed E-state index contributed by atoms with van der Waals surface area (Å²) in [6.45, 7) is 4.96. The van der Waals surface area contributed by atoms with Crippen molar-refractivity contribution in [2.45, 2.75) is 18.5 Å². The molecule has 2 heterocycles. The largest absolute Gasteiger partial charge is 0.466 e. The molecule has 156 valence electrons. The summed E-state index contributed by atoms with van der Waals surface area (Å²) < 4.78 is 6.66. The Morgan fingerprint density at radius 3 is 2.66 bits per heavy atom. The lowest BCUT2D eigenvalue weighted by atomic mass is 10.2. The molecule has 0 aliphatic carbocycles. The molecule has 1 fully saturated rings. The van der Waals surface area contributed by atoms with E-state index in [1.165, 1.54) is 11.8 Å². The van der Waals surface area contributed by atoms with Crippen molar-refractivity contribution in [3.05, 3.63) is 35.1 Å². The number of hydrogen-bond donors (Lipinski definition) is 0. The van der Waals surface area contributed by atoms with Gasteiger partial charge >= 0.3 is 5.97 Å². The van der Waals surface area contributed by atoms with E-state index in [1.807, 2.05) is 29.2 Å². The Bertz CT molecular complexity index is 867. The Balaban J connectivity index is 1.48. The summed E-state index contributed by atoms with van der Waals surface area (Å²) in [6.07, 6.45) is 0.0668. The Labute approximate surface area is 179 Å². The lowest BCUT2D eigenvalue weighted by molar-refractivity contribution is -0.142. The summed E-state index contributed by atoms with van der Waals surface area (Å²) in [6, 6.07) is 7.76. The third-order valence-electron chi connectivity index (χ3n) is 4.66. The van der Waals surface area contributed by atoms with Gasteiger partial charge in [0.1, 0.15) is 12.2 Å². The molecule has 2 aromatic rings. The quantitative estimate of drug-likeness (QED) is 0.484. The summed E-state index contributed by atoms with van der Waals surface area (Å²) in [5.41, 5.74) is 1.08. The standard InChI is InChI=1S/C19H24ClN5O3S/c1-3-28-18(27)12-16-21-22-19(23(16)2)29-13-17(26)25-9-7-24(8-10-25)15-6-4-5-14(20)11-15/h4-6,11H,3,7-10,12-13H2,1-2H3. The minimum Gasteiger partial charge on any atom is -0.466 e. The molecular formula is C19H24ClN5O3S. The highest BCUT2D eigenvalue weighted by Gasteiger charge is 2.22. The molecule has 0 bridgehead atoms. The molecule has 1 aromatic carbocycles. The van der Waals surface area contributed by atoms with Crippen LogP contribution in [0.3, 0.4) is 0 Å². The predicted molar refractivity (Wildman–Crippen MR) is 112 cm³/mol. The predicted octanol–water partition coefficient (Wildman–Crippen LogP) is 2.01. The molecule has 8 nitrogen and oxygen atoms in total. The fraction of sp³-hybridized carbons (Fsp3) is 0.474. The number of carbonyl (C=O) groups excluding carboxylic acids is 2. The minimum atomic E-state index is -0.340. The first-order chi connectivity index (χ1) is 14.0. The van der Waals surface area contributed by atoms with Gasteiger partial charge in [0, 0.05) is 43.9 Å². The molecule has 0 saturated carbocycles. The van der Waals surface area contributed by atoms with Crippen molar-refractivity contribution in [1.29, 1.82) is 0 Å². The van der Waals surface area contributed by atoms with Crippen LogP contribution in [0.2, 0.25) is 5.02 Å². The maximum Gasteiger partial charge on any atom is 0.313 e. The zero-order chi connectivity index (χ0) is 20.8. The SMILES string of the molecule is CCOC(=O)Cc1nnc(SCC(=O)N2CCN(c3cccc(Cl)c3)CC2)n1C. The van der Waals surface area contributed by atoms with Gasteiger partial charge in [0.25, 0.3) is 0 Å². The van der Waals surface area contributed by atoms with E-state index in [4.69, 9.17) is 16.3 Å². The highest BCUT2D eigenvalue weighted by atomic mass is 35.5. The van der Waals surface area contributed by atoms with Gasteiger partial charge in [-0.3, -0.25) is 9.59 Å². The van der Waals surface area contributed by atoms with Crippen molar-refractivity contribution in [2.75, 3.05) is 43.4 Å². The third kappa shape index (κ3) is 5.63. The van der Waals surface area contributed by atoms with Gasteiger partial charge < -0.3 is 19.1 Å². The lowest BCUT2D eigenvalue weighted by Gasteiger charge is -2.36. The number of carbonyl (C=O) groups is 2. The van der Waals surface area contributed by atoms with E-state index < -0.39 is 0 Å². The second-order valence-electron chi connectivity index (χ2n) is 6.58. The Morgan fingerprint density at radius 2 is 1.97 bits per heavy atom. The second-order valence-corrected chi connectivity index (χ2v) is 7.95. The van der Waals surface area contributed by atoms with Gasteiger partial charge in [-0.25, -0.2) is 0 Å². The van der Waals surface area contributed by atoms with Crippen LogP contribution in [0.1, 0.15) is 12.7 Å². The number of ether oxygens (including phenoxy) is 1. The van der Waals surface area contributed by atoms with Gasteiger partial charge in [0.05, 0.1) is 12.4 Å². The van der Waals surface area contributed by atoms with Crippen LogP contribution in [0.4, 0.5) is 5.69 Å². The molecular weight excluding hydrogens is 414 g/mol. The van der Waals surface area contributed by atoms with Gasteiger partial charge in [-0.15, -0.1) is 10.2 Å². The Morgan fingerprint density at radius 1 is 1.21 bits per heavy atom. The Kier molecular flexibility index (Phi) is 7.38. The number of aromatic nitrogens is 3. The molecule has 0 N–H and O–H groups in total. The summed E-state index contributed by atoms with van der Waals surface area (Å²) in [5, 5.41) is 9.43. The van der Waals surface area contributed by atoms with Crippen molar-refractivity contribution in [3.63, 3.8) is 0 Å². The van der Waals surface area contributed by atoms with E-state index in [0.29, 0.717) is 35.7 Å². The number of thioether (sulfide) groups is 1. The second kappa shape index (κ2) is 9.98. The normalized spacial score (nSPS) is 14.2. The third-order valence-corrected chi connectivity index (χ3v) is 5.90. The summed E-state index contributed by atoms with van der Waals surface area (Å²) in [5.74, 6) is 0.528. The van der Waals surface area contributed by atoms with E-state index in [0.717, 1.165) is 18.8 Å². The summed E-state index contributed by atoms with van der Waals surface area (Å²) in [4.78, 5) is 28.3. The molecule has 1 saturated heterocycles. The van der Waals surface area contributed by atoms with Crippen molar-refractivity contribution in [3.8, 4) is 0 Å². The Hall–Kier alpha value is -2.26. The molecule has 1 aliphatic heterocycles. The number of halogens is 1. The van der Waals surface area contributed by atoms with Crippen LogP contribution >= 0.6 is 23.4 Å². The zero-order valence-electron chi connectivity index (χ0n) is 16.5. The number of amides is 1. The van der Waals surface area contributed by atoms with Gasteiger partial charge in [0.15, 0.2) is 5.16 Å². The molecule has 10 heteroatoms. The summed E-state index contributed by atoms with van der Waals surface area (Å²) >= 11 is 7.39. The van der Waals surface area contributed by atoms with Gasteiger partial charge in [-0.1, -0.05) is 29.4 Å². The lowest BCUT2D eigenvalue weighted by Crippen LogP contribution is -2.49. The number of anilines is 1. The number of rotatable bonds is 7. The van der Waals surface area contributed by atoms with E-state index in [2.05, 4.69) is 15.1 Å². The van der Waals surface area contributed by atoms with Gasteiger partial charge in [0.2, 0.25) is 5.91 Å². The van der Waals surface area contributed by atoms with Crippen molar-refractivity contribution < 1.29 is 14.3 Å². The molecule has 1 amide bonds. The fourth-order valence-corrected chi connectivity index (χ4v) is 4.09. The summed E-state index contributed by atoms with van der Waals surface area (Å²) in [7, 11) is 1.78. The maximum atomic E-state index is 12.6. The number of benzene rings is 1. The monoisotopic (exact) mass is 437 g/mol. The molecule has 3 rings (SSSR count). The molecule has 0 radical (unpaired) electrons. The molecule has 0 unspecified atom stereocenters. The van der Waals surface area contributed by atoms with Crippen molar-refractivity contribution >= 4 is 40.9 Å². The molecule has 1 aromatic heterocycles. The van der Waals surface area contributed by atoms with E-state index in [-0.39, 0.29) is 24.1 Å². The number of esters is 1. The number of nitrogens with zero attached hydrogens (tertiary/aromatic N) is 5. The highest BCUT2D eigenvalue weighted by Crippen LogP contribution is 2.22. The minimum absolute atomic E-state index is 0.0655. The van der Waals surface area contributed by atoms with Crippen LogP contribution in [-0.2, 0) is 27.8 Å². The number of piperazine rings is 1. The first-order valence-electron chi connectivity index (χ1n) is 9.43. The first kappa shape index (κ1) is 21.4. The molecule has 0 spiro atoms. The van der Waals surface area contributed by atoms with Crippen LogP contribution in [0.5, 0.6) is 0 Å². The van der Waals surface area contributed by atoms with Crippen LogP contribution in [0.15, 0.2) is 29.4 Å². The molecule has 29 heavy (non-hydrogen) atoms. The average molecular weight is 438 g/mol. The van der Waals surface area contributed by atoms with Crippen LogP contribution < -0.4 is 4.90 Å². The molecule has 1 aliphatic rings. The first-order valence-corrected chi connectivity index (χ1v) is 10.8. The van der Waals surface area contributed by atoms with Crippen molar-refractivity contribution in [2.24, 2.45) is 7.05 Å². The maximum absolute atomic E-state index is 12.6. The fourth-order valence-electron chi connectivity index (χ4n) is 3.07. The van der Waals surface area contributed by atoms with E-state index >= 15 is 0 Å². The van der Waals surface area contributed by atoms with Crippen LogP contribution in [0, 0.1) is 0 Å².